The van der Waals surface area contributed by atoms with Crippen LogP contribution >= 0.6 is 0 Å². The Morgan fingerprint density at radius 3 is 1.81 bits per heavy atom. The van der Waals surface area contributed by atoms with Crippen molar-refractivity contribution in [2.75, 3.05) is 0 Å². The van der Waals surface area contributed by atoms with Crippen LogP contribution in [-0.4, -0.2) is 18.7 Å². The summed E-state index contributed by atoms with van der Waals surface area (Å²) in [4.78, 5) is 4.99. The van der Waals surface area contributed by atoms with Crippen LogP contribution < -0.4 is 4.57 Å². The number of hydrogen-bond donors (Lipinski definition) is 0. The fourth-order valence-corrected chi connectivity index (χ4v) is 9.84. The van der Waals surface area contributed by atoms with Gasteiger partial charge < -0.3 is 8.98 Å². The van der Waals surface area contributed by atoms with Gasteiger partial charge in [0, 0.05) is 33.4 Å². The maximum Gasteiger partial charge on any atom is 0.269 e. The molecule has 0 atom stereocenters. The Labute approximate surface area is 419 Å². The molecule has 0 spiro atoms. The third kappa shape index (κ3) is 6.79. The molecule has 4 aromatic heterocycles. The van der Waals surface area contributed by atoms with Crippen LogP contribution in [-0.2, 0) is 5.41 Å². The van der Waals surface area contributed by atoms with E-state index in [1.54, 1.807) is 22.8 Å². The lowest BCUT2D eigenvalue weighted by Crippen LogP contribution is -2.31. The molecular weight excluding hydrogens is 855 g/mol. The minimum atomic E-state index is -0.571. The lowest BCUT2D eigenvalue weighted by Gasteiger charge is -2.20. The second kappa shape index (κ2) is 16.4. The molecule has 13 aromatic rings. The Kier molecular flexibility index (Phi) is 7.45. The average Bonchev–Trinajstić information content (AvgIpc) is 4.22. The van der Waals surface area contributed by atoms with Gasteiger partial charge in [-0.05, 0) is 93.9 Å². The first-order valence-corrected chi connectivity index (χ1v) is 23.1. The van der Waals surface area contributed by atoms with E-state index in [1.807, 2.05) is 102 Å². The number of para-hydroxylation sites is 6. The molecule has 4 heterocycles. The van der Waals surface area contributed by atoms with Crippen molar-refractivity contribution in [3.63, 3.8) is 0 Å². The zero-order valence-electron chi connectivity index (χ0n) is 48.3. The van der Waals surface area contributed by atoms with Gasteiger partial charge in [0.05, 0.1) is 58.2 Å². The summed E-state index contributed by atoms with van der Waals surface area (Å²) in [6.07, 6.45) is 5.43. The van der Waals surface area contributed by atoms with E-state index < -0.39 is 60.4 Å². The van der Waals surface area contributed by atoms with E-state index in [4.69, 9.17) is 23.1 Å². The zero-order chi connectivity index (χ0) is 55.6. The fraction of sp³-hybridized carbons (Fsp3) is 0.0625. The van der Waals surface area contributed by atoms with Crippen molar-refractivity contribution >= 4 is 65.8 Å². The molecule has 0 unspecified atom stereocenters. The number of pyridine rings is 1. The van der Waals surface area contributed by atoms with Crippen molar-refractivity contribution in [2.24, 2.45) is 0 Å². The Hall–Kier alpha value is -9.00. The summed E-state index contributed by atoms with van der Waals surface area (Å²) in [6.45, 7) is 6.58. The second-order valence-corrected chi connectivity index (χ2v) is 18.3. The van der Waals surface area contributed by atoms with Gasteiger partial charge in [-0.15, -0.1) is 0 Å². The number of imidazole rings is 1. The van der Waals surface area contributed by atoms with Gasteiger partial charge in [-0.1, -0.05) is 184 Å². The van der Waals surface area contributed by atoms with E-state index in [2.05, 4.69) is 90.8 Å². The van der Waals surface area contributed by atoms with Crippen LogP contribution in [0.2, 0.25) is 0 Å². The molecule has 0 N–H and O–H groups in total. The Bertz CT molecular complexity index is 4710. The first-order valence-electron chi connectivity index (χ1n) is 28.1. The predicted octanol–water partition coefficient (Wildman–Crippen LogP) is 15.8. The van der Waals surface area contributed by atoms with Gasteiger partial charge >= 0.3 is 0 Å². The minimum absolute atomic E-state index is 0.135. The minimum Gasteiger partial charge on any atom is -0.454 e. The lowest BCUT2D eigenvalue weighted by atomic mass is 9.88. The van der Waals surface area contributed by atoms with E-state index in [0.717, 1.165) is 60.7 Å². The Balaban J connectivity index is 1.12. The van der Waals surface area contributed by atoms with E-state index in [9.17, 15) is 0 Å². The molecule has 70 heavy (non-hydrogen) atoms. The zero-order valence-corrected chi connectivity index (χ0v) is 38.3. The van der Waals surface area contributed by atoms with Crippen LogP contribution in [0.1, 0.15) is 40.0 Å². The molecule has 9 aromatic carbocycles. The summed E-state index contributed by atoms with van der Waals surface area (Å²) in [5.41, 5.74) is 8.68. The smallest absolute Gasteiger partial charge is 0.269 e. The number of hydrogen-bond acceptors (Lipinski definition) is 2. The highest BCUT2D eigenvalue weighted by molar-refractivity contribution is 6.13. The lowest BCUT2D eigenvalue weighted by molar-refractivity contribution is -0.571. The van der Waals surface area contributed by atoms with Gasteiger partial charge in [0.2, 0.25) is 0 Å². The molecular formula is C64H47N5O. The van der Waals surface area contributed by atoms with Crippen LogP contribution in [0.4, 0.5) is 0 Å². The summed E-state index contributed by atoms with van der Waals surface area (Å²) in [5, 5.41) is 3.85. The molecule has 0 fully saturated rings. The monoisotopic (exact) mass is 911 g/mol. The molecule has 0 aliphatic heterocycles. The summed E-state index contributed by atoms with van der Waals surface area (Å²) < 4.78 is 103. The topological polar surface area (TPSA) is 44.7 Å². The molecule has 0 saturated carbocycles. The van der Waals surface area contributed by atoms with Gasteiger partial charge in [0.1, 0.15) is 11.4 Å². The van der Waals surface area contributed by atoms with Gasteiger partial charge in [-0.2, -0.15) is 0 Å². The molecule has 0 radical (unpaired) electrons. The molecule has 13 rings (SSSR count). The SMILES string of the molecule is [2H]c1c([2H])c([2H])c(-c2cccc(-c3c([2H])c([2H])c([2H])c([2H])c3[2H])c2-[n+]2[c-]n(-c3cccc(-n4c5cc6c(cc5oc5ccccc5c5ccccc54)c4ccccc4n6-c4cc(C(C)(C)C)ccn4)c3)c3ccccc32)c([2H])c1[2H]. The second-order valence-electron chi connectivity index (χ2n) is 18.3. The van der Waals surface area contributed by atoms with Gasteiger partial charge in [0.15, 0.2) is 5.58 Å². The summed E-state index contributed by atoms with van der Waals surface area (Å²) in [5.74, 6) is 0.779. The van der Waals surface area contributed by atoms with Crippen LogP contribution in [0, 0.1) is 6.33 Å². The van der Waals surface area contributed by atoms with Crippen molar-refractivity contribution in [2.45, 2.75) is 26.2 Å². The van der Waals surface area contributed by atoms with Gasteiger partial charge in [-0.25, -0.2) is 4.98 Å². The Morgan fingerprint density at radius 1 is 0.500 bits per heavy atom. The van der Waals surface area contributed by atoms with E-state index in [-0.39, 0.29) is 33.4 Å². The van der Waals surface area contributed by atoms with Crippen molar-refractivity contribution < 1.29 is 22.7 Å². The predicted molar refractivity (Wildman–Crippen MR) is 287 cm³/mol. The van der Waals surface area contributed by atoms with Gasteiger partial charge in [0.25, 0.3) is 6.33 Å². The standard InChI is InChI=1S/C64H47N5O/c1-64(2,3)45-36-37-65-62(38-45)69-55-32-14-11-27-51(55)53-40-61-59(41-58(53)69)68(54-31-13-10-26-50(54)52-28-12-17-35-60(52)70-61)47-25-18-24-46(39-47)66-42-67(57-34-16-15-33-56(57)66)63-48(43-20-6-4-7-21-43)29-19-30-49(63)44-22-8-5-9-23-44/h4-41H,1-3H3/i4D,5D,6D,7D,8D,9D,20D,21D,22D,23D. The highest BCUT2D eigenvalue weighted by atomic mass is 16.3. The molecule has 6 heteroatoms. The van der Waals surface area contributed by atoms with Crippen molar-refractivity contribution in [3.05, 3.63) is 242 Å². The molecule has 0 amide bonds. The summed E-state index contributed by atoms with van der Waals surface area (Å²) >= 11 is 0. The van der Waals surface area contributed by atoms with E-state index in [0.29, 0.717) is 27.9 Å². The van der Waals surface area contributed by atoms with E-state index >= 15 is 0 Å². The maximum atomic E-state index is 9.17. The third-order valence-corrected chi connectivity index (χ3v) is 13.1. The summed E-state index contributed by atoms with van der Waals surface area (Å²) in [6, 6.07) is 48.2. The highest BCUT2D eigenvalue weighted by Gasteiger charge is 2.22. The number of benzene rings is 9. The largest absolute Gasteiger partial charge is 0.454 e. The number of nitrogens with zero attached hydrogens (tertiary/aromatic N) is 5. The average molecular weight is 912 g/mol. The molecule has 0 saturated heterocycles. The maximum absolute atomic E-state index is 9.17. The Morgan fingerprint density at radius 2 is 1.10 bits per heavy atom. The van der Waals surface area contributed by atoms with Crippen molar-refractivity contribution in [1.82, 2.24) is 18.7 Å². The first kappa shape index (κ1) is 31.9. The van der Waals surface area contributed by atoms with Crippen molar-refractivity contribution in [1.29, 1.82) is 0 Å². The number of fused-ring (bicyclic) bond motifs is 8. The number of aromatic nitrogens is 5. The summed E-state index contributed by atoms with van der Waals surface area (Å²) in [7, 11) is 0. The highest BCUT2D eigenvalue weighted by Crippen LogP contribution is 2.39. The van der Waals surface area contributed by atoms with Gasteiger partial charge in [-0.3, -0.25) is 13.7 Å². The van der Waals surface area contributed by atoms with Crippen molar-refractivity contribution in [3.8, 4) is 45.1 Å². The van der Waals surface area contributed by atoms with Crippen LogP contribution in [0.5, 0.6) is 0 Å². The molecule has 6 nitrogen and oxygen atoms in total. The van der Waals surface area contributed by atoms with Crippen LogP contribution in [0.3, 0.4) is 0 Å². The fourth-order valence-electron chi connectivity index (χ4n) is 9.84. The normalized spacial score (nSPS) is 13.9. The van der Waals surface area contributed by atoms with Crippen LogP contribution in [0.15, 0.2) is 235 Å². The number of rotatable bonds is 6. The molecule has 0 aliphatic rings. The quantitative estimate of drug-likeness (QED) is 0.123. The first-order chi connectivity index (χ1) is 38.5. The third-order valence-electron chi connectivity index (χ3n) is 13.1. The molecule has 0 bridgehead atoms. The molecule has 334 valence electrons. The molecule has 0 aliphatic carbocycles. The van der Waals surface area contributed by atoms with E-state index in [1.165, 1.54) is 0 Å². The van der Waals surface area contributed by atoms with Crippen LogP contribution in [0.25, 0.3) is 111 Å².